The Morgan fingerprint density at radius 1 is 1.00 bits per heavy atom. The highest BCUT2D eigenvalue weighted by Gasteiger charge is 2.31. The fourth-order valence-electron chi connectivity index (χ4n) is 4.35. The minimum absolute atomic E-state index is 0.0707. The van der Waals surface area contributed by atoms with E-state index in [1.807, 2.05) is 24.3 Å². The number of amides is 2. The second-order valence-electron chi connectivity index (χ2n) is 8.09. The van der Waals surface area contributed by atoms with Gasteiger partial charge in [0.15, 0.2) is 0 Å². The van der Waals surface area contributed by atoms with Crippen molar-refractivity contribution >= 4 is 44.7 Å². The quantitative estimate of drug-likeness (QED) is 0.570. The van der Waals surface area contributed by atoms with Crippen molar-refractivity contribution in [1.29, 1.82) is 0 Å². The number of nitrogens with zero attached hydrogens (tertiary/aromatic N) is 2. The third-order valence-electron chi connectivity index (χ3n) is 6.03. The van der Waals surface area contributed by atoms with Crippen molar-refractivity contribution in [3.8, 4) is 0 Å². The molecule has 0 fully saturated rings. The average molecular weight is 484 g/mol. The molecule has 0 radical (unpaired) electrons. The molecule has 3 aromatic rings. The molecule has 3 aromatic carbocycles. The third kappa shape index (κ3) is 3.84. The van der Waals surface area contributed by atoms with Crippen LogP contribution in [-0.4, -0.2) is 26.1 Å². The Hall–Kier alpha value is -3.07. The average Bonchev–Trinajstić information content (AvgIpc) is 2.83. The van der Waals surface area contributed by atoms with E-state index < -0.39 is 16.1 Å². The van der Waals surface area contributed by atoms with Gasteiger partial charge < -0.3 is 10.4 Å². The lowest BCUT2D eigenvalue weighted by molar-refractivity contribution is 0.256. The number of carbonyl (C=O) groups excluding carboxylic acids is 1. The number of urea groups is 1. The first kappa shape index (κ1) is 21.8. The smallest absolute Gasteiger partial charge is 0.326 e. The largest absolute Gasteiger partial charge is 0.392 e. The van der Waals surface area contributed by atoms with Crippen LogP contribution in [0.1, 0.15) is 23.1 Å². The number of aliphatic hydroxyl groups is 1. The van der Waals surface area contributed by atoms with Crippen LogP contribution >= 0.6 is 11.6 Å². The summed E-state index contributed by atoms with van der Waals surface area (Å²) >= 11 is 6.43. The van der Waals surface area contributed by atoms with Crippen molar-refractivity contribution in [2.24, 2.45) is 0 Å². The van der Waals surface area contributed by atoms with Gasteiger partial charge in [-0.25, -0.2) is 13.2 Å². The van der Waals surface area contributed by atoms with Gasteiger partial charge >= 0.3 is 6.03 Å². The maximum atomic E-state index is 13.6. The number of rotatable bonds is 4. The molecular formula is C24H22ClN3O4S. The first-order valence-corrected chi connectivity index (χ1v) is 12.4. The lowest BCUT2D eigenvalue weighted by atomic mass is 10.0. The summed E-state index contributed by atoms with van der Waals surface area (Å²) in [6.45, 7) is 0.469. The molecule has 0 bridgehead atoms. The van der Waals surface area contributed by atoms with Gasteiger partial charge in [0.25, 0.3) is 10.0 Å². The normalized spacial score (nSPS) is 15.6. The molecule has 33 heavy (non-hydrogen) atoms. The Morgan fingerprint density at radius 2 is 1.82 bits per heavy atom. The highest BCUT2D eigenvalue weighted by molar-refractivity contribution is 7.92. The van der Waals surface area contributed by atoms with Crippen molar-refractivity contribution < 1.29 is 18.3 Å². The Kier molecular flexibility index (Phi) is 5.52. The number of nitrogens with one attached hydrogen (secondary N) is 1. The number of hydrogen-bond acceptors (Lipinski definition) is 4. The molecule has 7 nitrogen and oxygen atoms in total. The van der Waals surface area contributed by atoms with Gasteiger partial charge in [0.05, 0.1) is 34.4 Å². The molecule has 0 unspecified atom stereocenters. The van der Waals surface area contributed by atoms with Gasteiger partial charge in [-0.3, -0.25) is 9.21 Å². The fraction of sp³-hybridized carbons (Fsp3) is 0.208. The standard InChI is InChI=1S/C24H22ClN3O4S/c25-20-9-8-19(33(31,32)28-11-3-5-17-4-1-2-6-22(17)28)13-23(20)27-14-18-12-16(15-29)7-10-21(18)26-24(27)30/h1-2,4,6-10,12-13,29H,3,5,11,14-15H2,(H,26,30). The molecule has 2 heterocycles. The maximum absolute atomic E-state index is 13.6. The molecule has 0 saturated heterocycles. The van der Waals surface area contributed by atoms with Gasteiger partial charge in [0.2, 0.25) is 0 Å². The summed E-state index contributed by atoms with van der Waals surface area (Å²) in [4.78, 5) is 14.3. The van der Waals surface area contributed by atoms with E-state index in [0.717, 1.165) is 29.5 Å². The summed E-state index contributed by atoms with van der Waals surface area (Å²) in [7, 11) is -3.86. The lowest BCUT2D eigenvalue weighted by Gasteiger charge is -2.32. The van der Waals surface area contributed by atoms with E-state index in [1.54, 1.807) is 18.2 Å². The van der Waals surface area contributed by atoms with E-state index in [9.17, 15) is 18.3 Å². The topological polar surface area (TPSA) is 90.0 Å². The number of aliphatic hydroxyl groups excluding tert-OH is 1. The molecule has 0 saturated carbocycles. The van der Waals surface area contributed by atoms with Crippen LogP contribution in [0.3, 0.4) is 0 Å². The number of para-hydroxylation sites is 1. The molecule has 9 heteroatoms. The van der Waals surface area contributed by atoms with Crippen LogP contribution in [0.25, 0.3) is 0 Å². The first-order chi connectivity index (χ1) is 15.9. The van der Waals surface area contributed by atoms with Crippen LogP contribution in [0.15, 0.2) is 65.6 Å². The van der Waals surface area contributed by atoms with Crippen LogP contribution in [0.4, 0.5) is 21.9 Å². The number of fused-ring (bicyclic) bond motifs is 2. The predicted molar refractivity (Wildman–Crippen MR) is 128 cm³/mol. The Bertz CT molecular complexity index is 1360. The highest BCUT2D eigenvalue weighted by Crippen LogP contribution is 2.37. The van der Waals surface area contributed by atoms with Crippen molar-refractivity contribution in [3.63, 3.8) is 0 Å². The zero-order valence-corrected chi connectivity index (χ0v) is 19.2. The van der Waals surface area contributed by atoms with E-state index in [1.165, 1.54) is 27.4 Å². The minimum Gasteiger partial charge on any atom is -0.392 e. The van der Waals surface area contributed by atoms with Crippen LogP contribution in [-0.2, 0) is 29.6 Å². The Labute approximate surface area is 197 Å². The second kappa shape index (κ2) is 8.37. The van der Waals surface area contributed by atoms with E-state index >= 15 is 0 Å². The molecule has 0 aromatic heterocycles. The summed E-state index contributed by atoms with van der Waals surface area (Å²) in [6.07, 6.45) is 1.56. The Balaban J connectivity index is 1.53. The van der Waals surface area contributed by atoms with E-state index in [2.05, 4.69) is 5.32 Å². The van der Waals surface area contributed by atoms with Crippen LogP contribution in [0, 0.1) is 0 Å². The van der Waals surface area contributed by atoms with Gasteiger partial charge in [-0.05, 0) is 65.9 Å². The molecule has 0 aliphatic carbocycles. The molecular weight excluding hydrogens is 462 g/mol. The minimum atomic E-state index is -3.86. The number of sulfonamides is 1. The molecule has 0 atom stereocenters. The zero-order valence-electron chi connectivity index (χ0n) is 17.7. The number of anilines is 3. The highest BCUT2D eigenvalue weighted by atomic mass is 35.5. The van der Waals surface area contributed by atoms with Gasteiger partial charge in [-0.1, -0.05) is 35.9 Å². The Morgan fingerprint density at radius 3 is 2.64 bits per heavy atom. The van der Waals surface area contributed by atoms with Gasteiger partial charge in [0, 0.05) is 12.2 Å². The maximum Gasteiger partial charge on any atom is 0.326 e. The second-order valence-corrected chi connectivity index (χ2v) is 10.4. The SMILES string of the molecule is O=C1Nc2ccc(CO)cc2CN1c1cc(S(=O)(=O)N2CCCc3ccccc32)ccc1Cl. The molecule has 5 rings (SSSR count). The molecule has 2 aliphatic heterocycles. The summed E-state index contributed by atoms with van der Waals surface area (Å²) in [5.41, 5.74) is 4.15. The summed E-state index contributed by atoms with van der Waals surface area (Å²) in [6, 6.07) is 16.8. The van der Waals surface area contributed by atoms with Gasteiger partial charge in [-0.2, -0.15) is 0 Å². The van der Waals surface area contributed by atoms with Crippen molar-refractivity contribution in [1.82, 2.24) is 0 Å². The number of halogens is 1. The molecule has 2 N–H and O–H groups in total. The number of hydrogen-bond donors (Lipinski definition) is 2. The first-order valence-electron chi connectivity index (χ1n) is 10.6. The number of carbonyl (C=O) groups is 1. The van der Waals surface area contributed by atoms with Crippen LogP contribution in [0.2, 0.25) is 5.02 Å². The fourth-order valence-corrected chi connectivity index (χ4v) is 6.13. The zero-order chi connectivity index (χ0) is 23.2. The van der Waals surface area contributed by atoms with E-state index in [-0.39, 0.29) is 23.1 Å². The summed E-state index contributed by atoms with van der Waals surface area (Å²) < 4.78 is 28.6. The molecule has 2 aliphatic rings. The monoisotopic (exact) mass is 483 g/mol. The van der Waals surface area contributed by atoms with E-state index in [0.29, 0.717) is 23.6 Å². The van der Waals surface area contributed by atoms with Crippen molar-refractivity contribution in [3.05, 3.63) is 82.4 Å². The molecule has 170 valence electrons. The number of aryl methyl sites for hydroxylation is 1. The third-order valence-corrected chi connectivity index (χ3v) is 8.16. The predicted octanol–water partition coefficient (Wildman–Crippen LogP) is 4.53. The van der Waals surface area contributed by atoms with Crippen molar-refractivity contribution in [2.45, 2.75) is 30.9 Å². The van der Waals surface area contributed by atoms with E-state index in [4.69, 9.17) is 11.6 Å². The number of benzene rings is 3. The lowest BCUT2D eigenvalue weighted by Crippen LogP contribution is -2.39. The van der Waals surface area contributed by atoms with Crippen molar-refractivity contribution in [2.75, 3.05) is 21.1 Å². The van der Waals surface area contributed by atoms with Gasteiger partial charge in [0.1, 0.15) is 0 Å². The molecule has 2 amide bonds. The summed E-state index contributed by atoms with van der Waals surface area (Å²) in [5, 5.41) is 12.5. The van der Waals surface area contributed by atoms with Gasteiger partial charge in [-0.15, -0.1) is 0 Å². The van der Waals surface area contributed by atoms with Crippen LogP contribution < -0.4 is 14.5 Å². The molecule has 0 spiro atoms. The van der Waals surface area contributed by atoms with Crippen LogP contribution in [0.5, 0.6) is 0 Å². The summed E-state index contributed by atoms with van der Waals surface area (Å²) in [5.74, 6) is 0.